The molecule has 0 N–H and O–H groups in total. The molecule has 1 unspecified atom stereocenters. The third-order valence-electron chi connectivity index (χ3n) is 2.99. The summed E-state index contributed by atoms with van der Waals surface area (Å²) in [6.07, 6.45) is 1.35. The standard InChI is InChI=1S/C14H20O4/c1-5-10(14(15)18-4)8-11-6-7-12(16-2)9-13(11)17-3/h6-7,9-10H,5,8H2,1-4H3. The number of esters is 1. The summed E-state index contributed by atoms with van der Waals surface area (Å²) in [6, 6.07) is 5.60. The molecule has 0 heterocycles. The minimum Gasteiger partial charge on any atom is -0.497 e. The van der Waals surface area contributed by atoms with Crippen LogP contribution in [-0.4, -0.2) is 27.3 Å². The average molecular weight is 252 g/mol. The van der Waals surface area contributed by atoms with Crippen LogP contribution in [0.5, 0.6) is 11.5 Å². The molecule has 1 rings (SSSR count). The van der Waals surface area contributed by atoms with Crippen molar-refractivity contribution < 1.29 is 19.0 Å². The number of methoxy groups -OCH3 is 3. The molecule has 0 radical (unpaired) electrons. The lowest BCUT2D eigenvalue weighted by atomic mass is 9.96. The van der Waals surface area contributed by atoms with E-state index < -0.39 is 0 Å². The second-order valence-corrected chi connectivity index (χ2v) is 4.01. The first-order chi connectivity index (χ1) is 8.65. The highest BCUT2D eigenvalue weighted by atomic mass is 16.5. The Morgan fingerprint density at radius 3 is 2.44 bits per heavy atom. The van der Waals surface area contributed by atoms with Crippen LogP contribution in [0.4, 0.5) is 0 Å². The van der Waals surface area contributed by atoms with E-state index in [1.807, 2.05) is 25.1 Å². The molecule has 4 nitrogen and oxygen atoms in total. The van der Waals surface area contributed by atoms with Crippen molar-refractivity contribution in [1.29, 1.82) is 0 Å². The van der Waals surface area contributed by atoms with E-state index in [0.717, 1.165) is 23.5 Å². The Labute approximate surface area is 108 Å². The minimum atomic E-state index is -0.185. The lowest BCUT2D eigenvalue weighted by molar-refractivity contribution is -0.145. The fraction of sp³-hybridized carbons (Fsp3) is 0.500. The molecular formula is C14H20O4. The summed E-state index contributed by atoms with van der Waals surface area (Å²) in [4.78, 5) is 11.6. The van der Waals surface area contributed by atoms with Crippen molar-refractivity contribution in [3.8, 4) is 11.5 Å². The fourth-order valence-electron chi connectivity index (χ4n) is 1.85. The Hall–Kier alpha value is -1.71. The molecule has 4 heteroatoms. The van der Waals surface area contributed by atoms with E-state index in [2.05, 4.69) is 0 Å². The van der Waals surface area contributed by atoms with E-state index in [9.17, 15) is 4.79 Å². The predicted molar refractivity (Wildman–Crippen MR) is 69.0 cm³/mol. The SMILES string of the molecule is CCC(Cc1ccc(OC)cc1OC)C(=O)OC. The third kappa shape index (κ3) is 3.39. The van der Waals surface area contributed by atoms with E-state index in [0.29, 0.717) is 6.42 Å². The Kier molecular flexibility index (Phi) is 5.49. The number of carbonyl (C=O) groups is 1. The number of ether oxygens (including phenoxy) is 3. The molecule has 1 atom stereocenters. The van der Waals surface area contributed by atoms with Crippen LogP contribution in [0.1, 0.15) is 18.9 Å². The van der Waals surface area contributed by atoms with Gasteiger partial charge in [-0.1, -0.05) is 13.0 Å². The highest BCUT2D eigenvalue weighted by Crippen LogP contribution is 2.27. The van der Waals surface area contributed by atoms with E-state index >= 15 is 0 Å². The van der Waals surface area contributed by atoms with Gasteiger partial charge in [-0.3, -0.25) is 4.79 Å². The van der Waals surface area contributed by atoms with Crippen LogP contribution in [0.3, 0.4) is 0 Å². The fourth-order valence-corrected chi connectivity index (χ4v) is 1.85. The van der Waals surface area contributed by atoms with Crippen molar-refractivity contribution in [2.45, 2.75) is 19.8 Å². The molecule has 1 aromatic carbocycles. The molecule has 0 saturated carbocycles. The monoisotopic (exact) mass is 252 g/mol. The minimum absolute atomic E-state index is 0.141. The van der Waals surface area contributed by atoms with Crippen molar-refractivity contribution in [2.24, 2.45) is 5.92 Å². The summed E-state index contributed by atoms with van der Waals surface area (Å²) < 4.78 is 15.2. The van der Waals surface area contributed by atoms with Gasteiger partial charge in [0.05, 0.1) is 27.2 Å². The second kappa shape index (κ2) is 6.89. The first-order valence-corrected chi connectivity index (χ1v) is 5.95. The van der Waals surface area contributed by atoms with Gasteiger partial charge in [0.1, 0.15) is 11.5 Å². The van der Waals surface area contributed by atoms with E-state index in [1.165, 1.54) is 7.11 Å². The van der Waals surface area contributed by atoms with Crippen LogP contribution in [0.25, 0.3) is 0 Å². The van der Waals surface area contributed by atoms with Crippen LogP contribution < -0.4 is 9.47 Å². The number of hydrogen-bond acceptors (Lipinski definition) is 4. The molecule has 0 aliphatic heterocycles. The first-order valence-electron chi connectivity index (χ1n) is 5.95. The first kappa shape index (κ1) is 14.4. The summed E-state index contributed by atoms with van der Waals surface area (Å²) in [5, 5.41) is 0. The normalized spacial score (nSPS) is 11.8. The van der Waals surface area contributed by atoms with Crippen molar-refractivity contribution in [3.05, 3.63) is 23.8 Å². The topological polar surface area (TPSA) is 44.8 Å². The van der Waals surface area contributed by atoms with Crippen molar-refractivity contribution >= 4 is 5.97 Å². The summed E-state index contributed by atoms with van der Waals surface area (Å²) in [5.41, 5.74) is 0.982. The molecule has 0 aromatic heterocycles. The molecule has 0 bridgehead atoms. The maximum absolute atomic E-state index is 11.6. The van der Waals surface area contributed by atoms with E-state index in [1.54, 1.807) is 14.2 Å². The molecule has 0 saturated heterocycles. The van der Waals surface area contributed by atoms with Crippen LogP contribution in [0, 0.1) is 5.92 Å². The van der Waals surface area contributed by atoms with Crippen LogP contribution >= 0.6 is 0 Å². The molecule has 18 heavy (non-hydrogen) atoms. The average Bonchev–Trinajstić information content (AvgIpc) is 2.43. The van der Waals surface area contributed by atoms with Gasteiger partial charge in [0, 0.05) is 6.07 Å². The number of carbonyl (C=O) groups excluding carboxylic acids is 1. The molecule has 0 aliphatic rings. The molecule has 0 aliphatic carbocycles. The Balaban J connectivity index is 2.91. The maximum Gasteiger partial charge on any atom is 0.308 e. The lowest BCUT2D eigenvalue weighted by Gasteiger charge is -2.15. The summed E-state index contributed by atoms with van der Waals surface area (Å²) in [5.74, 6) is 1.14. The highest BCUT2D eigenvalue weighted by Gasteiger charge is 2.19. The van der Waals surface area contributed by atoms with Gasteiger partial charge in [0.25, 0.3) is 0 Å². The lowest BCUT2D eigenvalue weighted by Crippen LogP contribution is -2.18. The number of benzene rings is 1. The number of hydrogen-bond donors (Lipinski definition) is 0. The zero-order valence-corrected chi connectivity index (χ0v) is 11.4. The Morgan fingerprint density at radius 1 is 1.22 bits per heavy atom. The van der Waals surface area contributed by atoms with Gasteiger partial charge < -0.3 is 14.2 Å². The van der Waals surface area contributed by atoms with Gasteiger partial charge in [-0.2, -0.15) is 0 Å². The Bertz CT molecular complexity index is 401. The zero-order valence-electron chi connectivity index (χ0n) is 11.4. The molecule has 0 spiro atoms. The smallest absolute Gasteiger partial charge is 0.308 e. The summed E-state index contributed by atoms with van der Waals surface area (Å²) in [6.45, 7) is 1.97. The van der Waals surface area contributed by atoms with E-state index in [-0.39, 0.29) is 11.9 Å². The van der Waals surface area contributed by atoms with Crippen LogP contribution in [0.2, 0.25) is 0 Å². The van der Waals surface area contributed by atoms with Gasteiger partial charge in [0.15, 0.2) is 0 Å². The molecule has 0 fully saturated rings. The van der Waals surface area contributed by atoms with Gasteiger partial charge in [-0.25, -0.2) is 0 Å². The highest BCUT2D eigenvalue weighted by molar-refractivity contribution is 5.72. The third-order valence-corrected chi connectivity index (χ3v) is 2.99. The summed E-state index contributed by atoms with van der Waals surface area (Å²) >= 11 is 0. The number of rotatable bonds is 6. The van der Waals surface area contributed by atoms with Gasteiger partial charge >= 0.3 is 5.97 Å². The zero-order chi connectivity index (χ0) is 13.5. The maximum atomic E-state index is 11.6. The molecule has 100 valence electrons. The molecule has 1 aromatic rings. The molecule has 0 amide bonds. The second-order valence-electron chi connectivity index (χ2n) is 4.01. The quantitative estimate of drug-likeness (QED) is 0.729. The Morgan fingerprint density at radius 2 is 1.94 bits per heavy atom. The van der Waals surface area contributed by atoms with Crippen LogP contribution in [-0.2, 0) is 16.0 Å². The van der Waals surface area contributed by atoms with Crippen LogP contribution in [0.15, 0.2) is 18.2 Å². The van der Waals surface area contributed by atoms with Crippen molar-refractivity contribution in [3.63, 3.8) is 0 Å². The van der Waals surface area contributed by atoms with Gasteiger partial charge in [-0.15, -0.1) is 0 Å². The van der Waals surface area contributed by atoms with Crippen molar-refractivity contribution in [2.75, 3.05) is 21.3 Å². The largest absolute Gasteiger partial charge is 0.497 e. The summed E-state index contributed by atoms with van der Waals surface area (Å²) in [7, 11) is 4.63. The van der Waals surface area contributed by atoms with Crippen molar-refractivity contribution in [1.82, 2.24) is 0 Å². The van der Waals surface area contributed by atoms with Gasteiger partial charge in [0.2, 0.25) is 0 Å². The predicted octanol–water partition coefficient (Wildman–Crippen LogP) is 2.45. The van der Waals surface area contributed by atoms with E-state index in [4.69, 9.17) is 14.2 Å². The molecular weight excluding hydrogens is 232 g/mol. The van der Waals surface area contributed by atoms with Gasteiger partial charge in [-0.05, 0) is 24.5 Å².